The average Bonchev–Trinajstić information content (AvgIpc) is 2.17. The largest absolute Gasteiger partial charge is 0.462 e. The lowest BCUT2D eigenvalue weighted by Crippen LogP contribution is -2.08. The molecule has 2 N–H and O–H groups in total. The maximum absolute atomic E-state index is 12.3. The molecule has 1 aromatic rings. The molecule has 4 nitrogen and oxygen atoms in total. The fourth-order valence-corrected chi connectivity index (χ4v) is 1.00. The van der Waals surface area contributed by atoms with Crippen LogP contribution in [0.4, 0.5) is 14.5 Å². The number of aromatic nitrogens is 1. The van der Waals surface area contributed by atoms with E-state index in [1.54, 1.807) is 6.92 Å². The minimum atomic E-state index is -2.75. The maximum Gasteiger partial charge on any atom is 0.339 e. The van der Waals surface area contributed by atoms with Gasteiger partial charge in [0.15, 0.2) is 0 Å². The molecule has 0 radical (unpaired) electrons. The Balaban J connectivity index is 2.96. The molecule has 0 atom stereocenters. The summed E-state index contributed by atoms with van der Waals surface area (Å²) in [5.74, 6) is -0.627. The molecule has 0 spiro atoms. The number of hydrogen-bond acceptors (Lipinski definition) is 4. The van der Waals surface area contributed by atoms with Crippen molar-refractivity contribution >= 4 is 11.7 Å². The molecule has 6 heteroatoms. The zero-order valence-corrected chi connectivity index (χ0v) is 8.04. The van der Waals surface area contributed by atoms with Gasteiger partial charge in [-0.2, -0.15) is 0 Å². The second kappa shape index (κ2) is 4.68. The van der Waals surface area contributed by atoms with Crippen LogP contribution in [0, 0.1) is 0 Å². The van der Waals surface area contributed by atoms with Crippen molar-refractivity contribution in [3.8, 4) is 0 Å². The summed E-state index contributed by atoms with van der Waals surface area (Å²) in [6.07, 6.45) is -1.73. The van der Waals surface area contributed by atoms with E-state index in [-0.39, 0.29) is 17.9 Å². The van der Waals surface area contributed by atoms with Crippen molar-refractivity contribution in [2.75, 3.05) is 12.3 Å². The number of carbonyl (C=O) groups is 1. The van der Waals surface area contributed by atoms with Gasteiger partial charge in [0.2, 0.25) is 0 Å². The number of rotatable bonds is 3. The lowest BCUT2D eigenvalue weighted by Gasteiger charge is -2.05. The zero-order chi connectivity index (χ0) is 11.4. The second-order valence-electron chi connectivity index (χ2n) is 2.72. The van der Waals surface area contributed by atoms with E-state index in [0.29, 0.717) is 0 Å². The van der Waals surface area contributed by atoms with E-state index in [0.717, 1.165) is 12.3 Å². The molecule has 0 amide bonds. The van der Waals surface area contributed by atoms with E-state index in [1.165, 1.54) is 0 Å². The molecule has 1 aromatic heterocycles. The number of esters is 1. The minimum Gasteiger partial charge on any atom is -0.462 e. The Kier molecular flexibility index (Phi) is 3.54. The molecular weight excluding hydrogens is 206 g/mol. The molecule has 82 valence electrons. The molecule has 1 rings (SSSR count). The molecule has 0 bridgehead atoms. The summed E-state index contributed by atoms with van der Waals surface area (Å²) in [6, 6.07) is 1.13. The van der Waals surface area contributed by atoms with Crippen LogP contribution in [0.15, 0.2) is 12.3 Å². The highest BCUT2D eigenvalue weighted by Gasteiger charge is 2.15. The van der Waals surface area contributed by atoms with Crippen molar-refractivity contribution in [3.63, 3.8) is 0 Å². The number of nitrogens with zero attached hydrogens (tertiary/aromatic N) is 1. The van der Waals surface area contributed by atoms with Gasteiger partial charge in [-0.1, -0.05) is 0 Å². The van der Waals surface area contributed by atoms with Crippen molar-refractivity contribution in [2.24, 2.45) is 0 Å². The Morgan fingerprint density at radius 2 is 2.33 bits per heavy atom. The number of anilines is 1. The lowest BCUT2D eigenvalue weighted by molar-refractivity contribution is 0.0525. The molecule has 0 aliphatic carbocycles. The summed E-state index contributed by atoms with van der Waals surface area (Å²) in [4.78, 5) is 14.6. The number of nitrogens with two attached hydrogens (primary N) is 1. The highest BCUT2D eigenvalue weighted by Crippen LogP contribution is 2.23. The Hall–Kier alpha value is -1.72. The van der Waals surface area contributed by atoms with Gasteiger partial charge in [0.05, 0.1) is 17.9 Å². The van der Waals surface area contributed by atoms with E-state index in [1.807, 2.05) is 0 Å². The third-order valence-electron chi connectivity index (χ3n) is 1.67. The van der Waals surface area contributed by atoms with Crippen LogP contribution >= 0.6 is 0 Å². The Bertz CT molecular complexity index is 369. The van der Waals surface area contributed by atoms with Crippen LogP contribution in [0.2, 0.25) is 0 Å². The molecule has 0 saturated heterocycles. The van der Waals surface area contributed by atoms with Crippen LogP contribution < -0.4 is 5.73 Å². The van der Waals surface area contributed by atoms with Crippen molar-refractivity contribution in [2.45, 2.75) is 13.3 Å². The Labute approximate surface area is 85.1 Å². The van der Waals surface area contributed by atoms with Crippen LogP contribution in [-0.2, 0) is 4.74 Å². The van der Waals surface area contributed by atoms with E-state index < -0.39 is 18.1 Å². The first-order valence-electron chi connectivity index (χ1n) is 4.27. The van der Waals surface area contributed by atoms with Crippen LogP contribution in [0.5, 0.6) is 0 Å². The highest BCUT2D eigenvalue weighted by atomic mass is 19.3. The van der Waals surface area contributed by atoms with Gasteiger partial charge in [-0.3, -0.25) is 4.98 Å². The number of alkyl halides is 2. The lowest BCUT2D eigenvalue weighted by atomic mass is 10.2. The van der Waals surface area contributed by atoms with Gasteiger partial charge in [-0.15, -0.1) is 0 Å². The smallest absolute Gasteiger partial charge is 0.339 e. The Morgan fingerprint density at radius 3 is 2.80 bits per heavy atom. The molecule has 0 aliphatic heterocycles. The topological polar surface area (TPSA) is 65.2 Å². The van der Waals surface area contributed by atoms with Gasteiger partial charge in [0, 0.05) is 6.20 Å². The Morgan fingerprint density at radius 1 is 1.67 bits per heavy atom. The number of pyridine rings is 1. The third kappa shape index (κ3) is 2.61. The molecule has 0 aromatic carbocycles. The minimum absolute atomic E-state index is 0.0683. The normalized spacial score (nSPS) is 10.4. The monoisotopic (exact) mass is 216 g/mol. The van der Waals surface area contributed by atoms with Crippen molar-refractivity contribution in [1.29, 1.82) is 0 Å². The van der Waals surface area contributed by atoms with Crippen LogP contribution in [-0.4, -0.2) is 17.6 Å². The summed E-state index contributed by atoms with van der Waals surface area (Å²) in [5, 5.41) is 0. The number of halogens is 2. The standard InChI is InChI=1S/C9H10F2N2O2/c1-2-15-9(14)5-3-6(12)7(8(10)11)13-4-5/h3-4,8H,2,12H2,1H3. The third-order valence-corrected chi connectivity index (χ3v) is 1.67. The van der Waals surface area contributed by atoms with Gasteiger partial charge < -0.3 is 10.5 Å². The van der Waals surface area contributed by atoms with E-state index in [4.69, 9.17) is 5.73 Å². The number of carbonyl (C=O) groups excluding carboxylic acids is 1. The van der Waals surface area contributed by atoms with Crippen LogP contribution in [0.25, 0.3) is 0 Å². The summed E-state index contributed by atoms with van der Waals surface area (Å²) in [5.41, 5.74) is 4.64. The number of ether oxygens (including phenoxy) is 1. The van der Waals surface area contributed by atoms with Gasteiger partial charge in [-0.25, -0.2) is 13.6 Å². The maximum atomic E-state index is 12.3. The number of nitrogen functional groups attached to an aromatic ring is 1. The molecule has 0 saturated carbocycles. The summed E-state index contributed by atoms with van der Waals surface area (Å²) in [7, 11) is 0. The second-order valence-corrected chi connectivity index (χ2v) is 2.72. The van der Waals surface area contributed by atoms with Crippen LogP contribution in [0.1, 0.15) is 29.4 Å². The predicted octanol–water partition coefficient (Wildman–Crippen LogP) is 1.78. The van der Waals surface area contributed by atoms with E-state index in [2.05, 4.69) is 9.72 Å². The zero-order valence-electron chi connectivity index (χ0n) is 8.04. The molecular formula is C9H10F2N2O2. The van der Waals surface area contributed by atoms with Crippen molar-refractivity contribution < 1.29 is 18.3 Å². The van der Waals surface area contributed by atoms with Gasteiger partial charge in [0.1, 0.15) is 5.69 Å². The number of hydrogen-bond donors (Lipinski definition) is 1. The first kappa shape index (κ1) is 11.4. The molecule has 0 fully saturated rings. The summed E-state index contributed by atoms with van der Waals surface area (Å²) in [6.45, 7) is 1.84. The van der Waals surface area contributed by atoms with Gasteiger partial charge in [-0.05, 0) is 13.0 Å². The highest BCUT2D eigenvalue weighted by molar-refractivity contribution is 5.90. The van der Waals surface area contributed by atoms with Gasteiger partial charge >= 0.3 is 5.97 Å². The molecule has 1 heterocycles. The van der Waals surface area contributed by atoms with Gasteiger partial charge in [0.25, 0.3) is 6.43 Å². The molecule has 0 unspecified atom stereocenters. The van der Waals surface area contributed by atoms with E-state index in [9.17, 15) is 13.6 Å². The first-order chi connectivity index (χ1) is 7.06. The van der Waals surface area contributed by atoms with Crippen LogP contribution in [0.3, 0.4) is 0 Å². The van der Waals surface area contributed by atoms with E-state index >= 15 is 0 Å². The molecule has 0 aliphatic rings. The fourth-order valence-electron chi connectivity index (χ4n) is 1.00. The quantitative estimate of drug-likeness (QED) is 0.782. The SMILES string of the molecule is CCOC(=O)c1cnc(C(F)F)c(N)c1. The van der Waals surface area contributed by atoms with Crippen molar-refractivity contribution in [1.82, 2.24) is 4.98 Å². The van der Waals surface area contributed by atoms with Crippen molar-refractivity contribution in [3.05, 3.63) is 23.5 Å². The summed E-state index contributed by atoms with van der Waals surface area (Å²) >= 11 is 0. The average molecular weight is 216 g/mol. The first-order valence-corrected chi connectivity index (χ1v) is 4.27. The fraction of sp³-hybridized carbons (Fsp3) is 0.333. The molecule has 15 heavy (non-hydrogen) atoms. The summed E-state index contributed by atoms with van der Waals surface area (Å²) < 4.78 is 29.2. The predicted molar refractivity (Wildman–Crippen MR) is 49.6 cm³/mol.